The summed E-state index contributed by atoms with van der Waals surface area (Å²) in [7, 11) is 1.72. The van der Waals surface area contributed by atoms with E-state index in [1.807, 2.05) is 0 Å². The zero-order valence-electron chi connectivity index (χ0n) is 14.1. The van der Waals surface area contributed by atoms with Crippen LogP contribution in [-0.4, -0.2) is 31.8 Å². The van der Waals surface area contributed by atoms with Crippen LogP contribution in [0, 0.1) is 0 Å². The average Bonchev–Trinajstić information content (AvgIpc) is 3.13. The minimum absolute atomic E-state index is 0.231. The molecular weight excluding hydrogens is 397 g/mol. The van der Waals surface area contributed by atoms with Crippen molar-refractivity contribution < 1.29 is 22.7 Å². The number of carbonyl (C=O) groups excluding carboxylic acids is 1. The Hall–Kier alpha value is -3.41. The molecule has 4 aromatic rings. The average molecular weight is 408 g/mol. The van der Waals surface area contributed by atoms with Crippen molar-refractivity contribution in [3.63, 3.8) is 0 Å². The quantitative estimate of drug-likeness (QED) is 0.536. The number of nitrogens with one attached hydrogen (secondary N) is 1. The van der Waals surface area contributed by atoms with E-state index in [0.29, 0.717) is 32.5 Å². The molecule has 0 aliphatic rings. The molecule has 12 heteroatoms. The fourth-order valence-corrected chi connectivity index (χ4v) is 3.46. The Kier molecular flexibility index (Phi) is 4.07. The van der Waals surface area contributed by atoms with Gasteiger partial charge in [0.25, 0.3) is 0 Å². The van der Waals surface area contributed by atoms with Gasteiger partial charge in [-0.1, -0.05) is 11.3 Å². The smallest absolute Gasteiger partial charge is 0.406 e. The minimum atomic E-state index is -4.76. The first-order valence-corrected chi connectivity index (χ1v) is 8.57. The van der Waals surface area contributed by atoms with E-state index in [-0.39, 0.29) is 11.3 Å². The van der Waals surface area contributed by atoms with Crippen molar-refractivity contribution in [3.05, 3.63) is 36.0 Å². The Bertz CT molecular complexity index is 1220. The number of thiazole rings is 1. The van der Waals surface area contributed by atoms with Crippen molar-refractivity contribution in [3.8, 4) is 5.75 Å². The van der Waals surface area contributed by atoms with E-state index in [2.05, 4.69) is 25.0 Å². The van der Waals surface area contributed by atoms with Crippen molar-refractivity contribution in [1.82, 2.24) is 19.5 Å². The number of hydrogen-bond acceptors (Lipinski definition) is 7. The topological polar surface area (TPSA) is 108 Å². The summed E-state index contributed by atoms with van der Waals surface area (Å²) in [6, 6.07) is 5.42. The van der Waals surface area contributed by atoms with Crippen LogP contribution >= 0.6 is 11.3 Å². The molecule has 1 aromatic carbocycles. The summed E-state index contributed by atoms with van der Waals surface area (Å²) in [5, 5.41) is 3.43. The maximum Gasteiger partial charge on any atom is 0.573 e. The zero-order valence-corrected chi connectivity index (χ0v) is 14.9. The van der Waals surface area contributed by atoms with Gasteiger partial charge < -0.3 is 15.8 Å². The number of alkyl halides is 3. The molecule has 3 N–H and O–H groups in total. The van der Waals surface area contributed by atoms with E-state index in [1.165, 1.54) is 30.5 Å². The summed E-state index contributed by atoms with van der Waals surface area (Å²) in [5.41, 5.74) is 6.97. The molecule has 1 amide bonds. The predicted octanol–water partition coefficient (Wildman–Crippen LogP) is 3.32. The van der Waals surface area contributed by atoms with Crippen LogP contribution in [0.1, 0.15) is 10.4 Å². The van der Waals surface area contributed by atoms with Crippen LogP contribution < -0.4 is 15.8 Å². The number of imidazole rings is 1. The first kappa shape index (κ1) is 18.0. The molecule has 0 unspecified atom stereocenters. The Morgan fingerprint density at radius 3 is 2.75 bits per heavy atom. The van der Waals surface area contributed by atoms with Crippen LogP contribution in [0.5, 0.6) is 5.75 Å². The largest absolute Gasteiger partial charge is 0.573 e. The van der Waals surface area contributed by atoms with Crippen LogP contribution in [-0.2, 0) is 7.05 Å². The molecule has 0 bridgehead atoms. The standard InChI is InChI=1S/C16H11F3N6O2S/c1-25-13-10(4-7(6-21-13)12(20)26)22-14(25)24-15-23-9-3-2-8(5-11(9)28-15)27-16(17,18)19/h2-6H,1H3,(H2,20,26)(H,22,23,24). The number of hydrogen-bond donors (Lipinski definition) is 2. The predicted molar refractivity (Wildman–Crippen MR) is 96.6 cm³/mol. The van der Waals surface area contributed by atoms with Gasteiger partial charge >= 0.3 is 6.36 Å². The molecule has 144 valence electrons. The van der Waals surface area contributed by atoms with Gasteiger partial charge in [-0.3, -0.25) is 9.36 Å². The van der Waals surface area contributed by atoms with E-state index < -0.39 is 12.3 Å². The van der Waals surface area contributed by atoms with Crippen molar-refractivity contribution in [2.45, 2.75) is 6.36 Å². The molecule has 0 radical (unpaired) electrons. The number of pyridine rings is 1. The van der Waals surface area contributed by atoms with Gasteiger partial charge in [0.2, 0.25) is 11.9 Å². The SMILES string of the molecule is Cn1c(Nc2nc3ccc(OC(F)(F)F)cc3s2)nc2cc(C(N)=O)cnc21. The van der Waals surface area contributed by atoms with E-state index in [1.54, 1.807) is 11.6 Å². The second-order valence-corrected chi connectivity index (χ2v) is 6.78. The fourth-order valence-electron chi connectivity index (χ4n) is 2.57. The number of primary amides is 1. The molecule has 0 spiro atoms. The van der Waals surface area contributed by atoms with Crippen LogP contribution in [0.25, 0.3) is 21.4 Å². The Morgan fingerprint density at radius 1 is 1.25 bits per heavy atom. The van der Waals surface area contributed by atoms with Gasteiger partial charge in [-0.15, -0.1) is 13.2 Å². The molecule has 4 rings (SSSR count). The summed E-state index contributed by atoms with van der Waals surface area (Å²) in [6.07, 6.45) is -3.40. The summed E-state index contributed by atoms with van der Waals surface area (Å²) >= 11 is 1.14. The molecule has 0 atom stereocenters. The zero-order chi connectivity index (χ0) is 20.1. The summed E-state index contributed by atoms with van der Waals surface area (Å²) in [5.74, 6) is -0.534. The van der Waals surface area contributed by atoms with Crippen LogP contribution in [0.3, 0.4) is 0 Å². The third-order valence-electron chi connectivity index (χ3n) is 3.81. The number of nitrogens with zero attached hydrogens (tertiary/aromatic N) is 4. The lowest BCUT2D eigenvalue weighted by Gasteiger charge is -2.07. The van der Waals surface area contributed by atoms with Crippen molar-refractivity contribution in [1.29, 1.82) is 0 Å². The van der Waals surface area contributed by atoms with Crippen LogP contribution in [0.15, 0.2) is 30.5 Å². The highest BCUT2D eigenvalue weighted by Crippen LogP contribution is 2.33. The molecule has 0 saturated heterocycles. The van der Waals surface area contributed by atoms with Crippen LogP contribution in [0.2, 0.25) is 0 Å². The summed E-state index contributed by atoms with van der Waals surface area (Å²) < 4.78 is 43.2. The number of amides is 1. The Morgan fingerprint density at radius 2 is 2.04 bits per heavy atom. The van der Waals surface area contributed by atoms with Crippen molar-refractivity contribution in [2.75, 3.05) is 5.32 Å². The number of anilines is 2. The van der Waals surface area contributed by atoms with Crippen molar-refractivity contribution >= 4 is 49.7 Å². The summed E-state index contributed by atoms with van der Waals surface area (Å²) in [6.45, 7) is 0. The Labute approximate surface area is 158 Å². The highest BCUT2D eigenvalue weighted by molar-refractivity contribution is 7.22. The highest BCUT2D eigenvalue weighted by atomic mass is 32.1. The first-order valence-electron chi connectivity index (χ1n) is 7.75. The van der Waals surface area contributed by atoms with E-state index in [0.717, 1.165) is 11.3 Å². The summed E-state index contributed by atoms with van der Waals surface area (Å²) in [4.78, 5) is 24.1. The van der Waals surface area contributed by atoms with Gasteiger partial charge in [-0.05, 0) is 18.2 Å². The third kappa shape index (κ3) is 3.41. The van der Waals surface area contributed by atoms with Gasteiger partial charge in [0, 0.05) is 19.3 Å². The Balaban J connectivity index is 1.66. The lowest BCUT2D eigenvalue weighted by Crippen LogP contribution is -2.16. The van der Waals surface area contributed by atoms with E-state index >= 15 is 0 Å². The molecule has 0 saturated carbocycles. The van der Waals surface area contributed by atoms with E-state index in [4.69, 9.17) is 5.73 Å². The normalized spacial score (nSPS) is 11.9. The maximum absolute atomic E-state index is 12.4. The van der Waals surface area contributed by atoms with Gasteiger partial charge in [0.1, 0.15) is 11.3 Å². The molecule has 8 nitrogen and oxygen atoms in total. The maximum atomic E-state index is 12.4. The number of fused-ring (bicyclic) bond motifs is 2. The molecule has 3 aromatic heterocycles. The minimum Gasteiger partial charge on any atom is -0.406 e. The second kappa shape index (κ2) is 6.34. The van der Waals surface area contributed by atoms with Gasteiger partial charge in [-0.25, -0.2) is 15.0 Å². The number of nitrogens with two attached hydrogens (primary N) is 1. The number of halogens is 3. The number of aromatic nitrogens is 4. The highest BCUT2D eigenvalue weighted by Gasteiger charge is 2.31. The van der Waals surface area contributed by atoms with Gasteiger partial charge in [0.05, 0.1) is 15.8 Å². The molecule has 0 aliphatic heterocycles. The number of benzene rings is 1. The lowest BCUT2D eigenvalue weighted by molar-refractivity contribution is -0.274. The molecule has 0 fully saturated rings. The molecule has 0 aliphatic carbocycles. The number of aryl methyl sites for hydroxylation is 1. The fraction of sp³-hybridized carbons (Fsp3) is 0.125. The van der Waals surface area contributed by atoms with E-state index in [9.17, 15) is 18.0 Å². The molecular formula is C16H11F3N6O2S. The van der Waals surface area contributed by atoms with Gasteiger partial charge in [0.15, 0.2) is 10.8 Å². The van der Waals surface area contributed by atoms with Crippen LogP contribution in [0.4, 0.5) is 24.3 Å². The second-order valence-electron chi connectivity index (χ2n) is 5.75. The number of ether oxygens (including phenoxy) is 1. The number of carbonyl (C=O) groups is 1. The lowest BCUT2D eigenvalue weighted by atomic mass is 10.2. The first-order chi connectivity index (χ1) is 13.2. The molecule has 28 heavy (non-hydrogen) atoms. The molecule has 3 heterocycles. The van der Waals surface area contributed by atoms with Gasteiger partial charge in [-0.2, -0.15) is 0 Å². The third-order valence-corrected chi connectivity index (χ3v) is 4.74. The monoisotopic (exact) mass is 408 g/mol. The van der Waals surface area contributed by atoms with Crippen molar-refractivity contribution in [2.24, 2.45) is 12.8 Å². The number of rotatable bonds is 4.